The molecule has 1 saturated heterocycles. The van der Waals surface area contributed by atoms with Crippen molar-refractivity contribution in [3.8, 4) is 0 Å². The summed E-state index contributed by atoms with van der Waals surface area (Å²) in [6.45, 7) is 2.14. The van der Waals surface area contributed by atoms with E-state index in [1.54, 1.807) is 25.4 Å². The van der Waals surface area contributed by atoms with Gasteiger partial charge < -0.3 is 15.5 Å². The van der Waals surface area contributed by atoms with Gasteiger partial charge in [-0.25, -0.2) is 4.98 Å². The summed E-state index contributed by atoms with van der Waals surface area (Å²) < 4.78 is 0. The molecular formula is C14H20N4O2. The molecule has 1 aromatic heterocycles. The van der Waals surface area contributed by atoms with Gasteiger partial charge in [-0.1, -0.05) is 0 Å². The van der Waals surface area contributed by atoms with E-state index >= 15 is 0 Å². The van der Waals surface area contributed by atoms with Crippen molar-refractivity contribution in [3.05, 3.63) is 23.9 Å². The van der Waals surface area contributed by atoms with Gasteiger partial charge in [-0.2, -0.15) is 0 Å². The van der Waals surface area contributed by atoms with Crippen molar-refractivity contribution >= 4 is 17.6 Å². The van der Waals surface area contributed by atoms with Gasteiger partial charge >= 0.3 is 0 Å². The number of carbonyl (C=O) groups is 2. The molecule has 0 radical (unpaired) electrons. The van der Waals surface area contributed by atoms with Gasteiger partial charge in [0.05, 0.1) is 0 Å². The summed E-state index contributed by atoms with van der Waals surface area (Å²) in [5, 5.41) is 5.75. The van der Waals surface area contributed by atoms with Gasteiger partial charge in [0.15, 0.2) is 0 Å². The Bertz CT molecular complexity index is 490. The maximum absolute atomic E-state index is 11.9. The molecule has 0 saturated carbocycles. The molecule has 2 heterocycles. The Balaban J connectivity index is 1.73. The third kappa shape index (κ3) is 3.69. The average Bonchev–Trinajstić information content (AvgIpc) is 2.89. The number of amides is 2. The molecule has 2 N–H and O–H groups in total. The molecule has 2 amide bonds. The molecule has 0 aliphatic carbocycles. The summed E-state index contributed by atoms with van der Waals surface area (Å²) in [6.07, 6.45) is 4.00. The quantitative estimate of drug-likeness (QED) is 0.756. The van der Waals surface area contributed by atoms with Crippen LogP contribution in [-0.4, -0.2) is 48.4 Å². The Morgan fingerprint density at radius 1 is 1.50 bits per heavy atom. The van der Waals surface area contributed by atoms with Crippen molar-refractivity contribution in [2.45, 2.75) is 19.3 Å². The number of anilines is 1. The summed E-state index contributed by atoms with van der Waals surface area (Å²) in [4.78, 5) is 29.3. The number of nitrogens with zero attached hydrogens (tertiary/aromatic N) is 2. The first kappa shape index (κ1) is 14.3. The fraction of sp³-hybridized carbons (Fsp3) is 0.500. The fourth-order valence-electron chi connectivity index (χ4n) is 2.22. The molecule has 108 valence electrons. The Labute approximate surface area is 118 Å². The van der Waals surface area contributed by atoms with Crippen LogP contribution in [0.3, 0.4) is 0 Å². The lowest BCUT2D eigenvalue weighted by molar-refractivity contribution is -0.127. The van der Waals surface area contributed by atoms with Crippen LogP contribution in [0.5, 0.6) is 0 Å². The largest absolute Gasteiger partial charge is 0.373 e. The van der Waals surface area contributed by atoms with E-state index in [1.807, 2.05) is 4.90 Å². The van der Waals surface area contributed by atoms with Crippen LogP contribution < -0.4 is 10.6 Å². The van der Waals surface area contributed by atoms with Gasteiger partial charge in [0.2, 0.25) is 5.91 Å². The highest BCUT2D eigenvalue weighted by Gasteiger charge is 2.19. The average molecular weight is 276 g/mol. The molecule has 1 aliphatic heterocycles. The van der Waals surface area contributed by atoms with Gasteiger partial charge in [-0.05, 0) is 25.0 Å². The number of pyridine rings is 1. The highest BCUT2D eigenvalue weighted by atomic mass is 16.2. The maximum atomic E-state index is 11.9. The monoisotopic (exact) mass is 276 g/mol. The van der Waals surface area contributed by atoms with Crippen LogP contribution in [0, 0.1) is 0 Å². The van der Waals surface area contributed by atoms with Crippen LogP contribution in [0.1, 0.15) is 29.6 Å². The molecule has 0 spiro atoms. The van der Waals surface area contributed by atoms with Gasteiger partial charge in [-0.15, -0.1) is 0 Å². The maximum Gasteiger partial charge on any atom is 0.251 e. The SMILES string of the molecule is CNc1cc(C(=O)NCCCN2CCCC2=O)ccn1. The second-order valence-electron chi connectivity index (χ2n) is 4.77. The van der Waals surface area contributed by atoms with Crippen molar-refractivity contribution < 1.29 is 9.59 Å². The van der Waals surface area contributed by atoms with Gasteiger partial charge in [0, 0.05) is 44.9 Å². The molecule has 2 rings (SSSR count). The van der Waals surface area contributed by atoms with E-state index in [4.69, 9.17) is 0 Å². The molecule has 1 fully saturated rings. The van der Waals surface area contributed by atoms with Crippen molar-refractivity contribution in [2.75, 3.05) is 32.0 Å². The molecule has 0 atom stereocenters. The Morgan fingerprint density at radius 3 is 3.05 bits per heavy atom. The minimum atomic E-state index is -0.114. The lowest BCUT2D eigenvalue weighted by atomic mass is 10.2. The predicted molar refractivity (Wildman–Crippen MR) is 76.5 cm³/mol. The first-order chi connectivity index (χ1) is 9.70. The third-order valence-corrected chi connectivity index (χ3v) is 3.34. The number of likely N-dealkylation sites (tertiary alicyclic amines) is 1. The van der Waals surface area contributed by atoms with Crippen LogP contribution in [0.2, 0.25) is 0 Å². The second-order valence-corrected chi connectivity index (χ2v) is 4.77. The Kier molecular flexibility index (Phi) is 4.92. The summed E-state index contributed by atoms with van der Waals surface area (Å²) in [5.41, 5.74) is 0.585. The van der Waals surface area contributed by atoms with Crippen molar-refractivity contribution in [2.24, 2.45) is 0 Å². The van der Waals surface area contributed by atoms with Crippen LogP contribution in [0.15, 0.2) is 18.3 Å². The van der Waals surface area contributed by atoms with E-state index in [0.717, 1.165) is 25.9 Å². The summed E-state index contributed by atoms with van der Waals surface area (Å²) in [5.74, 6) is 0.779. The molecular weight excluding hydrogens is 256 g/mol. The van der Waals surface area contributed by atoms with E-state index in [1.165, 1.54) is 0 Å². The molecule has 0 aromatic carbocycles. The number of rotatable bonds is 6. The fourth-order valence-corrected chi connectivity index (χ4v) is 2.22. The highest BCUT2D eigenvalue weighted by molar-refractivity contribution is 5.94. The topological polar surface area (TPSA) is 74.3 Å². The van der Waals surface area contributed by atoms with E-state index in [0.29, 0.717) is 24.3 Å². The smallest absolute Gasteiger partial charge is 0.251 e. The van der Waals surface area contributed by atoms with E-state index in [9.17, 15) is 9.59 Å². The minimum absolute atomic E-state index is 0.114. The van der Waals surface area contributed by atoms with Crippen molar-refractivity contribution in [1.29, 1.82) is 0 Å². The number of hydrogen-bond donors (Lipinski definition) is 2. The van der Waals surface area contributed by atoms with Gasteiger partial charge in [-0.3, -0.25) is 9.59 Å². The molecule has 0 unspecified atom stereocenters. The number of hydrogen-bond acceptors (Lipinski definition) is 4. The molecule has 0 bridgehead atoms. The molecule has 1 aromatic rings. The lowest BCUT2D eigenvalue weighted by Crippen LogP contribution is -2.30. The zero-order valence-corrected chi connectivity index (χ0v) is 11.7. The Hall–Kier alpha value is -2.11. The van der Waals surface area contributed by atoms with Crippen LogP contribution in [0.25, 0.3) is 0 Å². The first-order valence-corrected chi connectivity index (χ1v) is 6.90. The van der Waals surface area contributed by atoms with Crippen LogP contribution >= 0.6 is 0 Å². The summed E-state index contributed by atoms with van der Waals surface area (Å²) in [6, 6.07) is 3.39. The summed E-state index contributed by atoms with van der Waals surface area (Å²) in [7, 11) is 1.76. The molecule has 6 nitrogen and oxygen atoms in total. The van der Waals surface area contributed by atoms with Crippen LogP contribution in [-0.2, 0) is 4.79 Å². The first-order valence-electron chi connectivity index (χ1n) is 6.90. The van der Waals surface area contributed by atoms with Crippen LogP contribution in [0.4, 0.5) is 5.82 Å². The molecule has 6 heteroatoms. The minimum Gasteiger partial charge on any atom is -0.373 e. The Morgan fingerprint density at radius 2 is 2.35 bits per heavy atom. The van der Waals surface area contributed by atoms with E-state index in [2.05, 4.69) is 15.6 Å². The zero-order chi connectivity index (χ0) is 14.4. The normalized spacial score (nSPS) is 14.4. The third-order valence-electron chi connectivity index (χ3n) is 3.34. The van der Waals surface area contributed by atoms with Gasteiger partial charge in [0.1, 0.15) is 5.82 Å². The standard InChI is InChI=1S/C14H20N4O2/c1-15-12-10-11(5-7-16-12)14(20)17-6-3-9-18-8-2-4-13(18)19/h5,7,10H,2-4,6,8-9H2,1H3,(H,15,16)(H,17,20). The van der Waals surface area contributed by atoms with E-state index < -0.39 is 0 Å². The predicted octanol–water partition coefficient (Wildman–Crippen LogP) is 0.866. The molecule has 20 heavy (non-hydrogen) atoms. The van der Waals surface area contributed by atoms with E-state index in [-0.39, 0.29) is 11.8 Å². The highest BCUT2D eigenvalue weighted by Crippen LogP contribution is 2.09. The molecule has 1 aliphatic rings. The lowest BCUT2D eigenvalue weighted by Gasteiger charge is -2.15. The van der Waals surface area contributed by atoms with Crippen molar-refractivity contribution in [1.82, 2.24) is 15.2 Å². The number of carbonyl (C=O) groups excluding carboxylic acids is 2. The number of nitrogens with one attached hydrogen (secondary N) is 2. The van der Waals surface area contributed by atoms with Crippen molar-refractivity contribution in [3.63, 3.8) is 0 Å². The second kappa shape index (κ2) is 6.88. The zero-order valence-electron chi connectivity index (χ0n) is 11.7. The number of aromatic nitrogens is 1. The van der Waals surface area contributed by atoms with Gasteiger partial charge in [0.25, 0.3) is 5.91 Å². The summed E-state index contributed by atoms with van der Waals surface area (Å²) >= 11 is 0.